The summed E-state index contributed by atoms with van der Waals surface area (Å²) in [4.78, 5) is 12.3. The molecule has 1 aliphatic heterocycles. The summed E-state index contributed by atoms with van der Waals surface area (Å²) < 4.78 is 96.2. The van der Waals surface area contributed by atoms with Crippen LogP contribution in [0.15, 0.2) is 24.3 Å². The van der Waals surface area contributed by atoms with Crippen LogP contribution in [0, 0.1) is 29.1 Å². The molecule has 2 N–H and O–H groups in total. The first-order valence-corrected chi connectivity index (χ1v) is 10.6. The van der Waals surface area contributed by atoms with Crippen molar-refractivity contribution in [1.29, 1.82) is 0 Å². The summed E-state index contributed by atoms with van der Waals surface area (Å²) in [5, 5.41) is -1.95. The predicted molar refractivity (Wildman–Crippen MR) is 98.6 cm³/mol. The number of halogens is 5. The summed E-state index contributed by atoms with van der Waals surface area (Å²) in [7, 11) is -3.86. The van der Waals surface area contributed by atoms with Crippen LogP contribution in [0.5, 0.6) is 17.2 Å². The zero-order valence-electron chi connectivity index (χ0n) is 16.5. The number of carbonyl (C=O) groups is 1. The van der Waals surface area contributed by atoms with Gasteiger partial charge in [-0.3, -0.25) is 4.57 Å². The summed E-state index contributed by atoms with van der Waals surface area (Å²) >= 11 is 0. The Morgan fingerprint density at radius 1 is 0.968 bits per heavy atom. The molecule has 1 unspecified atom stereocenters. The number of carbonyl (C=O) groups excluding carboxylic acids is 1. The summed E-state index contributed by atoms with van der Waals surface area (Å²) in [6.45, 7) is 4.74. The third-order valence-corrected chi connectivity index (χ3v) is 6.76. The van der Waals surface area contributed by atoms with Crippen molar-refractivity contribution in [3.8, 4) is 17.2 Å². The molecule has 0 aromatic heterocycles. The molecular weight excluding hydrogens is 448 g/mol. The molecule has 2 aromatic carbocycles. The first-order valence-electron chi connectivity index (χ1n) is 8.79. The number of para-hydroxylation sites is 2. The van der Waals surface area contributed by atoms with Crippen LogP contribution in [-0.4, -0.2) is 23.0 Å². The fourth-order valence-corrected chi connectivity index (χ4v) is 4.58. The van der Waals surface area contributed by atoms with Crippen molar-refractivity contribution >= 4 is 13.3 Å². The van der Waals surface area contributed by atoms with Crippen LogP contribution in [-0.2, 0) is 14.1 Å². The Bertz CT molecular complexity index is 1090. The number of hydrogen-bond acceptors (Lipinski definition) is 6. The van der Waals surface area contributed by atoms with Gasteiger partial charge in [-0.2, -0.15) is 8.78 Å². The number of ether oxygens (including phenoxy) is 2. The minimum atomic E-state index is -3.86. The molecule has 0 bridgehead atoms. The molecular formula is C19H17F5NO5P. The quantitative estimate of drug-likeness (QED) is 0.224. The van der Waals surface area contributed by atoms with E-state index < -0.39 is 64.8 Å². The van der Waals surface area contributed by atoms with Crippen LogP contribution in [0.1, 0.15) is 20.8 Å². The highest BCUT2D eigenvalue weighted by molar-refractivity contribution is 7.70. The Kier molecular flexibility index (Phi) is 5.56. The molecule has 1 heterocycles. The van der Waals surface area contributed by atoms with Gasteiger partial charge in [-0.15, -0.1) is 0 Å². The van der Waals surface area contributed by atoms with E-state index in [1.807, 2.05) is 0 Å². The summed E-state index contributed by atoms with van der Waals surface area (Å²) in [6.07, 6.45) is -0.383. The molecule has 12 heteroatoms. The van der Waals surface area contributed by atoms with Crippen LogP contribution in [0.3, 0.4) is 0 Å². The number of benzene rings is 2. The van der Waals surface area contributed by atoms with Crippen LogP contribution in [0.2, 0.25) is 0 Å². The van der Waals surface area contributed by atoms with Gasteiger partial charge >= 0.3 is 5.97 Å². The molecule has 0 radical (unpaired) electrons. The van der Waals surface area contributed by atoms with Crippen molar-refractivity contribution in [3.05, 3.63) is 53.4 Å². The van der Waals surface area contributed by atoms with Gasteiger partial charge in [0.2, 0.25) is 40.1 Å². The van der Waals surface area contributed by atoms with E-state index in [-0.39, 0.29) is 11.9 Å². The van der Waals surface area contributed by atoms with Crippen molar-refractivity contribution in [2.24, 2.45) is 5.73 Å². The van der Waals surface area contributed by atoms with E-state index >= 15 is 0 Å². The summed E-state index contributed by atoms with van der Waals surface area (Å²) in [5.74, 6) is -14.6. The lowest BCUT2D eigenvalue weighted by atomic mass is 10.2. The largest absolute Gasteiger partial charge is 0.458 e. The van der Waals surface area contributed by atoms with Crippen LogP contribution < -0.4 is 15.0 Å². The third kappa shape index (κ3) is 4.12. The van der Waals surface area contributed by atoms with Gasteiger partial charge in [0.1, 0.15) is 5.60 Å². The van der Waals surface area contributed by atoms with Gasteiger partial charge in [0.15, 0.2) is 11.5 Å². The molecule has 1 fully saturated rings. The Morgan fingerprint density at radius 3 is 1.97 bits per heavy atom. The zero-order chi connectivity index (χ0) is 23.4. The fourth-order valence-electron chi connectivity index (χ4n) is 2.52. The second kappa shape index (κ2) is 7.49. The van der Waals surface area contributed by atoms with E-state index in [1.165, 1.54) is 12.1 Å². The maximum atomic E-state index is 13.9. The van der Waals surface area contributed by atoms with Crippen molar-refractivity contribution < 1.29 is 45.3 Å². The maximum absolute atomic E-state index is 13.9. The fraction of sp³-hybridized carbons (Fsp3) is 0.316. The SMILES string of the molecule is CC(C)(C)OC(=O)[C@@]1(N)CP1(=O)Oc1ccccc1Oc1c(F)c(F)c(F)c(F)c1F. The molecule has 2 atom stereocenters. The first kappa shape index (κ1) is 23.0. The lowest BCUT2D eigenvalue weighted by Crippen LogP contribution is -2.40. The normalized spacial score (nSPS) is 22.7. The van der Waals surface area contributed by atoms with E-state index in [0.717, 1.165) is 12.1 Å². The monoisotopic (exact) mass is 465 g/mol. The molecule has 31 heavy (non-hydrogen) atoms. The zero-order valence-corrected chi connectivity index (χ0v) is 17.4. The van der Waals surface area contributed by atoms with Crippen LogP contribution in [0.4, 0.5) is 22.0 Å². The summed E-state index contributed by atoms with van der Waals surface area (Å²) in [6, 6.07) is 4.91. The maximum Gasteiger partial charge on any atom is 0.338 e. The van der Waals surface area contributed by atoms with Gasteiger partial charge in [0.25, 0.3) is 7.37 Å². The van der Waals surface area contributed by atoms with Crippen molar-refractivity contribution in [2.75, 3.05) is 6.16 Å². The molecule has 168 valence electrons. The van der Waals surface area contributed by atoms with E-state index in [9.17, 15) is 31.3 Å². The third-order valence-electron chi connectivity index (χ3n) is 4.18. The van der Waals surface area contributed by atoms with Crippen LogP contribution >= 0.6 is 7.37 Å². The van der Waals surface area contributed by atoms with E-state index in [0.29, 0.717) is 0 Å². The topological polar surface area (TPSA) is 87.9 Å². The molecule has 2 aromatic rings. The smallest absolute Gasteiger partial charge is 0.338 e. The summed E-state index contributed by atoms with van der Waals surface area (Å²) in [5.41, 5.74) is 4.95. The Morgan fingerprint density at radius 2 is 1.45 bits per heavy atom. The van der Waals surface area contributed by atoms with Gasteiger partial charge in [-0.05, 0) is 32.9 Å². The van der Waals surface area contributed by atoms with Gasteiger partial charge < -0.3 is 19.7 Å². The predicted octanol–water partition coefficient (Wildman–Crippen LogP) is 4.84. The van der Waals surface area contributed by atoms with Crippen molar-refractivity contribution in [2.45, 2.75) is 31.7 Å². The Hall–Kier alpha value is -2.65. The van der Waals surface area contributed by atoms with E-state index in [2.05, 4.69) is 0 Å². The van der Waals surface area contributed by atoms with Gasteiger partial charge in [-0.1, -0.05) is 12.1 Å². The number of nitrogens with two attached hydrogens (primary N) is 1. The highest BCUT2D eigenvalue weighted by Gasteiger charge is 2.73. The molecule has 3 rings (SSSR count). The molecule has 0 saturated carbocycles. The Labute approximate surface area is 173 Å². The van der Waals surface area contributed by atoms with E-state index in [4.69, 9.17) is 19.7 Å². The molecule has 1 aliphatic rings. The Balaban J connectivity index is 1.90. The lowest BCUT2D eigenvalue weighted by Gasteiger charge is -2.22. The average Bonchev–Trinajstić information content (AvgIpc) is 3.24. The molecule has 0 amide bonds. The molecule has 6 nitrogen and oxygen atoms in total. The van der Waals surface area contributed by atoms with Gasteiger partial charge in [-0.25, -0.2) is 18.0 Å². The molecule has 0 aliphatic carbocycles. The van der Waals surface area contributed by atoms with Crippen LogP contribution in [0.25, 0.3) is 0 Å². The second-order valence-corrected chi connectivity index (χ2v) is 10.4. The number of hydrogen-bond donors (Lipinski definition) is 1. The standard InChI is InChI=1S/C19H17F5NO5P/c1-18(2,3)29-17(26)19(25)8-31(19,27)30-10-7-5-4-6-9(10)28-16-14(23)12(21)11(20)13(22)15(16)24/h4-7H,8,25H2,1-3H3/t19-,31?/m1/s1. The number of esters is 1. The highest BCUT2D eigenvalue weighted by atomic mass is 31.2. The highest BCUT2D eigenvalue weighted by Crippen LogP contribution is 2.74. The van der Waals surface area contributed by atoms with E-state index in [1.54, 1.807) is 20.8 Å². The van der Waals surface area contributed by atoms with Crippen molar-refractivity contribution in [3.63, 3.8) is 0 Å². The van der Waals surface area contributed by atoms with Crippen molar-refractivity contribution in [1.82, 2.24) is 0 Å². The second-order valence-electron chi connectivity index (χ2n) is 7.80. The van der Waals surface area contributed by atoms with Gasteiger partial charge in [0.05, 0.1) is 6.16 Å². The molecule has 0 spiro atoms. The minimum absolute atomic E-state index is 0.383. The lowest BCUT2D eigenvalue weighted by molar-refractivity contribution is -0.156. The minimum Gasteiger partial charge on any atom is -0.458 e. The number of rotatable bonds is 5. The van der Waals surface area contributed by atoms with Gasteiger partial charge in [0, 0.05) is 0 Å². The first-order chi connectivity index (χ1) is 14.2. The molecule has 1 saturated heterocycles. The average molecular weight is 465 g/mol.